The molecule has 0 bridgehead atoms. The van der Waals surface area contributed by atoms with Gasteiger partial charge in [0.1, 0.15) is 0 Å². The number of hydrogen-bond acceptors (Lipinski definition) is 5. The molecule has 2 aliphatic heterocycles. The number of aryl methyl sites for hydroxylation is 1. The molecular weight excluding hydrogens is 401 g/mol. The first-order chi connectivity index (χ1) is 12.9. The molecular formula is C16H23F3N4O4S. The SMILES string of the molecule is Cn1cc(CN2CCC3(C2)CN(S(=O)(=O)C2CC2)C3)cn1.O=C(O)C(F)(F)F. The lowest BCUT2D eigenvalue weighted by atomic mass is 9.81. The number of carboxylic acids is 1. The molecule has 12 heteroatoms. The summed E-state index contributed by atoms with van der Waals surface area (Å²) in [5, 5.41) is 11.3. The van der Waals surface area contributed by atoms with E-state index in [1.807, 2.05) is 17.9 Å². The number of aromatic nitrogens is 2. The van der Waals surface area contributed by atoms with E-state index in [1.165, 1.54) is 5.56 Å². The van der Waals surface area contributed by atoms with Crippen molar-refractivity contribution >= 4 is 16.0 Å². The van der Waals surface area contributed by atoms with Crippen molar-refractivity contribution in [2.45, 2.75) is 37.2 Å². The van der Waals surface area contributed by atoms with E-state index in [1.54, 1.807) is 4.31 Å². The highest BCUT2D eigenvalue weighted by Crippen LogP contribution is 2.44. The van der Waals surface area contributed by atoms with E-state index in [-0.39, 0.29) is 10.7 Å². The summed E-state index contributed by atoms with van der Waals surface area (Å²) in [7, 11) is -1.03. The lowest BCUT2D eigenvalue weighted by Crippen LogP contribution is -2.60. The largest absolute Gasteiger partial charge is 0.490 e. The quantitative estimate of drug-likeness (QED) is 0.777. The van der Waals surface area contributed by atoms with Gasteiger partial charge in [-0.1, -0.05) is 0 Å². The molecule has 0 atom stereocenters. The summed E-state index contributed by atoms with van der Waals surface area (Å²) >= 11 is 0. The second kappa shape index (κ2) is 7.30. The van der Waals surface area contributed by atoms with E-state index in [2.05, 4.69) is 16.2 Å². The zero-order valence-electron chi connectivity index (χ0n) is 15.4. The molecule has 1 spiro atoms. The van der Waals surface area contributed by atoms with Crippen LogP contribution in [0.5, 0.6) is 0 Å². The molecule has 3 heterocycles. The first-order valence-electron chi connectivity index (χ1n) is 8.90. The molecule has 1 aliphatic carbocycles. The average Bonchev–Trinajstić information content (AvgIpc) is 3.22. The summed E-state index contributed by atoms with van der Waals surface area (Å²) in [6.07, 6.45) is 1.72. The van der Waals surface area contributed by atoms with Crippen LogP contribution in [0.25, 0.3) is 0 Å². The standard InChI is InChI=1S/C14H22N4O2S.C2HF3O2/c1-16-7-12(6-15-16)8-17-5-4-14(9-17)10-18(11-14)21(19,20)13-2-3-13;3-2(4,5)1(6)7/h6-7,13H,2-5,8-11H2,1H3;(H,6,7). The van der Waals surface area contributed by atoms with Gasteiger partial charge in [-0.25, -0.2) is 17.5 Å². The predicted octanol–water partition coefficient (Wildman–Crippen LogP) is 1.05. The van der Waals surface area contributed by atoms with Crippen LogP contribution in [0, 0.1) is 5.41 Å². The smallest absolute Gasteiger partial charge is 0.475 e. The van der Waals surface area contributed by atoms with Crippen LogP contribution in [0.15, 0.2) is 12.4 Å². The zero-order chi connectivity index (χ0) is 20.7. The van der Waals surface area contributed by atoms with Gasteiger partial charge in [-0.15, -0.1) is 0 Å². The Hall–Kier alpha value is -1.66. The Morgan fingerprint density at radius 1 is 1.32 bits per heavy atom. The van der Waals surface area contributed by atoms with Gasteiger partial charge >= 0.3 is 12.1 Å². The lowest BCUT2D eigenvalue weighted by Gasteiger charge is -2.47. The summed E-state index contributed by atoms with van der Waals surface area (Å²) < 4.78 is 59.7. The average molecular weight is 424 g/mol. The van der Waals surface area contributed by atoms with E-state index in [0.29, 0.717) is 0 Å². The van der Waals surface area contributed by atoms with Gasteiger partial charge < -0.3 is 5.11 Å². The summed E-state index contributed by atoms with van der Waals surface area (Å²) in [4.78, 5) is 11.3. The molecule has 0 amide bonds. The van der Waals surface area contributed by atoms with Crippen LogP contribution >= 0.6 is 0 Å². The third-order valence-electron chi connectivity index (χ3n) is 5.25. The summed E-state index contributed by atoms with van der Waals surface area (Å²) in [6.45, 7) is 4.46. The van der Waals surface area contributed by atoms with Crippen molar-refractivity contribution in [2.75, 3.05) is 26.2 Å². The fourth-order valence-corrected chi connectivity index (χ4v) is 5.75. The van der Waals surface area contributed by atoms with Gasteiger partial charge in [-0.3, -0.25) is 9.58 Å². The Kier molecular flexibility index (Phi) is 5.49. The Morgan fingerprint density at radius 2 is 1.93 bits per heavy atom. The molecule has 1 N–H and O–H groups in total. The lowest BCUT2D eigenvalue weighted by molar-refractivity contribution is -0.192. The summed E-state index contributed by atoms with van der Waals surface area (Å²) in [6, 6.07) is 0. The van der Waals surface area contributed by atoms with Gasteiger partial charge in [0.05, 0.1) is 11.4 Å². The van der Waals surface area contributed by atoms with Gasteiger partial charge in [-0.2, -0.15) is 18.3 Å². The van der Waals surface area contributed by atoms with E-state index >= 15 is 0 Å². The Morgan fingerprint density at radius 3 is 2.39 bits per heavy atom. The highest BCUT2D eigenvalue weighted by molar-refractivity contribution is 7.90. The minimum Gasteiger partial charge on any atom is -0.475 e. The van der Waals surface area contributed by atoms with Gasteiger partial charge in [0.2, 0.25) is 10.0 Å². The molecule has 0 radical (unpaired) electrons. The van der Waals surface area contributed by atoms with Crippen LogP contribution in [-0.2, 0) is 28.4 Å². The molecule has 4 rings (SSSR count). The molecule has 8 nitrogen and oxygen atoms in total. The molecule has 3 fully saturated rings. The fraction of sp³-hybridized carbons (Fsp3) is 0.750. The molecule has 28 heavy (non-hydrogen) atoms. The number of sulfonamides is 1. The van der Waals surface area contributed by atoms with Crippen molar-refractivity contribution in [3.05, 3.63) is 18.0 Å². The van der Waals surface area contributed by atoms with E-state index in [0.717, 1.165) is 52.0 Å². The van der Waals surface area contributed by atoms with Crippen LogP contribution in [0.3, 0.4) is 0 Å². The zero-order valence-corrected chi connectivity index (χ0v) is 16.2. The molecule has 3 aliphatic rings. The van der Waals surface area contributed by atoms with Crippen molar-refractivity contribution in [1.82, 2.24) is 19.0 Å². The Balaban J connectivity index is 0.000000279. The minimum absolute atomic E-state index is 0.0669. The second-order valence-corrected chi connectivity index (χ2v) is 10.0. The maximum atomic E-state index is 12.2. The van der Waals surface area contributed by atoms with Gasteiger partial charge in [0.25, 0.3) is 0 Å². The van der Waals surface area contributed by atoms with Crippen LogP contribution in [0.4, 0.5) is 13.2 Å². The maximum absolute atomic E-state index is 12.2. The third kappa shape index (κ3) is 4.66. The number of likely N-dealkylation sites (tertiary alicyclic amines) is 1. The number of alkyl halides is 3. The molecule has 1 aromatic rings. The van der Waals surface area contributed by atoms with Crippen molar-refractivity contribution < 1.29 is 31.5 Å². The first kappa shape index (κ1) is 21.1. The van der Waals surface area contributed by atoms with Crippen LogP contribution < -0.4 is 0 Å². The summed E-state index contributed by atoms with van der Waals surface area (Å²) in [5.74, 6) is -2.76. The van der Waals surface area contributed by atoms with Gasteiger partial charge in [-0.05, 0) is 25.8 Å². The van der Waals surface area contributed by atoms with Gasteiger partial charge in [0.15, 0.2) is 0 Å². The Labute approximate surface area is 161 Å². The molecule has 158 valence electrons. The van der Waals surface area contributed by atoms with E-state index < -0.39 is 22.2 Å². The van der Waals surface area contributed by atoms with Crippen molar-refractivity contribution in [3.8, 4) is 0 Å². The van der Waals surface area contributed by atoms with Crippen molar-refractivity contribution in [1.29, 1.82) is 0 Å². The highest BCUT2D eigenvalue weighted by Gasteiger charge is 2.54. The molecule has 0 unspecified atom stereocenters. The van der Waals surface area contributed by atoms with Crippen LogP contribution in [0.2, 0.25) is 0 Å². The maximum Gasteiger partial charge on any atom is 0.490 e. The van der Waals surface area contributed by atoms with Gasteiger partial charge in [0, 0.05) is 50.4 Å². The monoisotopic (exact) mass is 424 g/mol. The predicted molar refractivity (Wildman–Crippen MR) is 92.7 cm³/mol. The number of aliphatic carboxylic acids is 1. The number of halogens is 3. The molecule has 1 saturated carbocycles. The number of carboxylic acid groups (broad SMARTS) is 1. The van der Waals surface area contributed by atoms with Crippen molar-refractivity contribution in [2.24, 2.45) is 12.5 Å². The topological polar surface area (TPSA) is 95.7 Å². The number of rotatable bonds is 4. The fourth-order valence-electron chi connectivity index (χ4n) is 3.69. The number of hydrogen-bond donors (Lipinski definition) is 1. The number of carbonyl (C=O) groups is 1. The first-order valence-corrected chi connectivity index (χ1v) is 10.4. The third-order valence-corrected chi connectivity index (χ3v) is 7.55. The number of nitrogens with zero attached hydrogens (tertiary/aromatic N) is 4. The normalized spacial score (nSPS) is 22.6. The molecule has 2 saturated heterocycles. The van der Waals surface area contributed by atoms with E-state index in [4.69, 9.17) is 9.90 Å². The minimum atomic E-state index is -5.08. The van der Waals surface area contributed by atoms with E-state index in [9.17, 15) is 21.6 Å². The van der Waals surface area contributed by atoms with Crippen molar-refractivity contribution in [3.63, 3.8) is 0 Å². The summed E-state index contributed by atoms with van der Waals surface area (Å²) in [5.41, 5.74) is 1.45. The molecule has 1 aromatic heterocycles. The molecule has 0 aromatic carbocycles. The van der Waals surface area contributed by atoms with Crippen LogP contribution in [-0.4, -0.2) is 76.1 Å². The Bertz CT molecular complexity index is 829. The van der Waals surface area contributed by atoms with Crippen LogP contribution in [0.1, 0.15) is 24.8 Å². The highest BCUT2D eigenvalue weighted by atomic mass is 32.2. The second-order valence-electron chi connectivity index (χ2n) is 7.80.